The van der Waals surface area contributed by atoms with Gasteiger partial charge in [-0.3, -0.25) is 0 Å². The van der Waals surface area contributed by atoms with E-state index in [1.54, 1.807) is 12.5 Å². The Bertz CT molecular complexity index is 826. The molecule has 0 bridgehead atoms. The van der Waals surface area contributed by atoms with Gasteiger partial charge < -0.3 is 8.97 Å². The third-order valence-electron chi connectivity index (χ3n) is 3.33. The molecule has 0 aliphatic heterocycles. The molecule has 96 valence electrons. The summed E-state index contributed by atoms with van der Waals surface area (Å²) in [4.78, 5) is 8.80. The topological polar surface area (TPSA) is 35.1 Å². The van der Waals surface area contributed by atoms with Crippen molar-refractivity contribution in [1.82, 2.24) is 18.9 Å². The molecule has 0 atom stereocenters. The standard InChI is InChI=1S/C16H12N4/c1-2-6-15(20-10-8-17-12-20)13(5-1)14-11-19-9-4-3-7-16(19)18-14/h1-12H. The second-order valence-electron chi connectivity index (χ2n) is 4.58. The van der Waals surface area contributed by atoms with E-state index >= 15 is 0 Å². The van der Waals surface area contributed by atoms with Crippen LogP contribution in [0.1, 0.15) is 0 Å². The summed E-state index contributed by atoms with van der Waals surface area (Å²) in [6.07, 6.45) is 9.57. The summed E-state index contributed by atoms with van der Waals surface area (Å²) < 4.78 is 4.03. The lowest BCUT2D eigenvalue weighted by Gasteiger charge is -2.07. The van der Waals surface area contributed by atoms with Crippen molar-refractivity contribution < 1.29 is 0 Å². The van der Waals surface area contributed by atoms with Gasteiger partial charge in [-0.05, 0) is 18.2 Å². The van der Waals surface area contributed by atoms with Gasteiger partial charge in [0.1, 0.15) is 5.65 Å². The Balaban J connectivity index is 1.94. The highest BCUT2D eigenvalue weighted by Gasteiger charge is 2.09. The minimum Gasteiger partial charge on any atom is -0.306 e. The van der Waals surface area contributed by atoms with Crippen LogP contribution >= 0.6 is 0 Å². The zero-order valence-corrected chi connectivity index (χ0v) is 10.7. The molecule has 0 aliphatic carbocycles. The molecule has 3 aromatic heterocycles. The van der Waals surface area contributed by atoms with E-state index in [1.165, 1.54) is 0 Å². The van der Waals surface area contributed by atoms with Gasteiger partial charge in [0.2, 0.25) is 0 Å². The molecule has 0 N–H and O–H groups in total. The number of hydrogen-bond donors (Lipinski definition) is 0. The van der Waals surface area contributed by atoms with Gasteiger partial charge in [0.15, 0.2) is 0 Å². The summed E-state index contributed by atoms with van der Waals surface area (Å²) in [5, 5.41) is 0. The van der Waals surface area contributed by atoms with Crippen molar-refractivity contribution in [2.45, 2.75) is 0 Å². The van der Waals surface area contributed by atoms with Gasteiger partial charge in [-0.15, -0.1) is 0 Å². The van der Waals surface area contributed by atoms with Crippen molar-refractivity contribution in [3.8, 4) is 16.9 Å². The van der Waals surface area contributed by atoms with Crippen LogP contribution in [0.3, 0.4) is 0 Å². The second kappa shape index (κ2) is 4.35. The molecule has 0 fully saturated rings. The number of aromatic nitrogens is 4. The van der Waals surface area contributed by atoms with E-state index in [0.717, 1.165) is 22.6 Å². The van der Waals surface area contributed by atoms with Crippen molar-refractivity contribution >= 4 is 5.65 Å². The molecule has 0 spiro atoms. The van der Waals surface area contributed by atoms with E-state index in [9.17, 15) is 0 Å². The van der Waals surface area contributed by atoms with E-state index in [4.69, 9.17) is 0 Å². The first-order valence-electron chi connectivity index (χ1n) is 6.43. The molecule has 0 amide bonds. The molecular formula is C16H12N4. The first kappa shape index (κ1) is 11.0. The molecule has 20 heavy (non-hydrogen) atoms. The smallest absolute Gasteiger partial charge is 0.137 e. The quantitative estimate of drug-likeness (QED) is 0.555. The van der Waals surface area contributed by atoms with Gasteiger partial charge in [0.25, 0.3) is 0 Å². The Kier molecular flexibility index (Phi) is 2.39. The summed E-state index contributed by atoms with van der Waals surface area (Å²) in [7, 11) is 0. The first-order chi connectivity index (χ1) is 9.92. The van der Waals surface area contributed by atoms with Crippen LogP contribution in [0.4, 0.5) is 0 Å². The number of para-hydroxylation sites is 1. The van der Waals surface area contributed by atoms with Gasteiger partial charge in [-0.1, -0.05) is 24.3 Å². The molecule has 4 aromatic rings. The number of imidazole rings is 2. The number of benzene rings is 1. The summed E-state index contributed by atoms with van der Waals surface area (Å²) >= 11 is 0. The summed E-state index contributed by atoms with van der Waals surface area (Å²) in [5.74, 6) is 0. The fourth-order valence-corrected chi connectivity index (χ4v) is 2.38. The van der Waals surface area contributed by atoms with Crippen LogP contribution in [-0.2, 0) is 0 Å². The molecule has 0 saturated carbocycles. The van der Waals surface area contributed by atoms with E-state index in [2.05, 4.69) is 22.1 Å². The summed E-state index contributed by atoms with van der Waals surface area (Å²) in [6.45, 7) is 0. The van der Waals surface area contributed by atoms with Gasteiger partial charge >= 0.3 is 0 Å². The lowest BCUT2D eigenvalue weighted by atomic mass is 10.1. The SMILES string of the molecule is c1ccc(-n2ccnc2)c(-c2cn3ccccc3n2)c1. The Morgan fingerprint density at radius 3 is 2.65 bits per heavy atom. The Hall–Kier alpha value is -2.88. The van der Waals surface area contributed by atoms with E-state index in [1.807, 2.05) is 57.9 Å². The van der Waals surface area contributed by atoms with E-state index in [0.29, 0.717) is 0 Å². The highest BCUT2D eigenvalue weighted by Crippen LogP contribution is 2.26. The van der Waals surface area contributed by atoms with Gasteiger partial charge in [0, 0.05) is 30.4 Å². The van der Waals surface area contributed by atoms with Crippen molar-refractivity contribution in [2.24, 2.45) is 0 Å². The zero-order chi connectivity index (χ0) is 13.4. The minimum atomic E-state index is 0.947. The molecule has 4 nitrogen and oxygen atoms in total. The van der Waals surface area contributed by atoms with Gasteiger partial charge in [-0.25, -0.2) is 9.97 Å². The molecule has 4 rings (SSSR count). The van der Waals surface area contributed by atoms with Crippen molar-refractivity contribution in [3.05, 3.63) is 73.6 Å². The normalized spacial score (nSPS) is 11.0. The van der Waals surface area contributed by atoms with Crippen LogP contribution < -0.4 is 0 Å². The first-order valence-corrected chi connectivity index (χ1v) is 6.43. The monoisotopic (exact) mass is 260 g/mol. The number of pyridine rings is 1. The Morgan fingerprint density at radius 1 is 0.900 bits per heavy atom. The van der Waals surface area contributed by atoms with Crippen molar-refractivity contribution in [2.75, 3.05) is 0 Å². The van der Waals surface area contributed by atoms with Crippen molar-refractivity contribution in [1.29, 1.82) is 0 Å². The molecule has 0 radical (unpaired) electrons. The maximum Gasteiger partial charge on any atom is 0.137 e. The molecule has 1 aromatic carbocycles. The Labute approximate surface area is 116 Å². The largest absolute Gasteiger partial charge is 0.306 e. The van der Waals surface area contributed by atoms with Gasteiger partial charge in [0.05, 0.1) is 17.7 Å². The highest BCUT2D eigenvalue weighted by atomic mass is 15.0. The fourth-order valence-electron chi connectivity index (χ4n) is 2.38. The number of rotatable bonds is 2. The number of hydrogen-bond acceptors (Lipinski definition) is 2. The zero-order valence-electron chi connectivity index (χ0n) is 10.7. The third kappa shape index (κ3) is 1.70. The maximum absolute atomic E-state index is 4.68. The van der Waals surface area contributed by atoms with Crippen LogP contribution in [0, 0.1) is 0 Å². The van der Waals surface area contributed by atoms with Crippen LogP contribution in [0.5, 0.6) is 0 Å². The summed E-state index contributed by atoms with van der Waals surface area (Å²) in [6, 6.07) is 14.2. The third-order valence-corrected chi connectivity index (χ3v) is 3.33. The predicted octanol–water partition coefficient (Wildman–Crippen LogP) is 3.19. The molecule has 4 heteroatoms. The molecule has 0 aliphatic rings. The molecule has 0 saturated heterocycles. The highest BCUT2D eigenvalue weighted by molar-refractivity contribution is 5.71. The lowest BCUT2D eigenvalue weighted by Crippen LogP contribution is -1.93. The minimum absolute atomic E-state index is 0.947. The van der Waals surface area contributed by atoms with Gasteiger partial charge in [-0.2, -0.15) is 0 Å². The average Bonchev–Trinajstić information content (AvgIpc) is 3.16. The molecular weight excluding hydrogens is 248 g/mol. The van der Waals surface area contributed by atoms with Crippen LogP contribution in [0.25, 0.3) is 22.6 Å². The Morgan fingerprint density at radius 2 is 1.80 bits per heavy atom. The molecule has 0 unspecified atom stereocenters. The fraction of sp³-hybridized carbons (Fsp3) is 0. The summed E-state index contributed by atoms with van der Waals surface area (Å²) in [5.41, 5.74) is 4.08. The van der Waals surface area contributed by atoms with E-state index in [-0.39, 0.29) is 0 Å². The maximum atomic E-state index is 4.68. The average molecular weight is 260 g/mol. The van der Waals surface area contributed by atoms with Crippen LogP contribution in [0.15, 0.2) is 73.6 Å². The second-order valence-corrected chi connectivity index (χ2v) is 4.58. The number of nitrogens with zero attached hydrogens (tertiary/aromatic N) is 4. The molecule has 3 heterocycles. The van der Waals surface area contributed by atoms with Crippen LogP contribution in [0.2, 0.25) is 0 Å². The lowest BCUT2D eigenvalue weighted by molar-refractivity contribution is 1.06. The van der Waals surface area contributed by atoms with Crippen molar-refractivity contribution in [3.63, 3.8) is 0 Å². The number of fused-ring (bicyclic) bond motifs is 1. The van der Waals surface area contributed by atoms with E-state index < -0.39 is 0 Å². The van der Waals surface area contributed by atoms with Crippen LogP contribution in [-0.4, -0.2) is 18.9 Å². The predicted molar refractivity (Wildman–Crippen MR) is 77.8 cm³/mol.